The Hall–Kier alpha value is -1.95. The van der Waals surface area contributed by atoms with E-state index < -0.39 is 6.04 Å². The molecule has 3 aromatic carbocycles. The van der Waals surface area contributed by atoms with Crippen molar-refractivity contribution in [1.82, 2.24) is 0 Å². The zero-order valence-electron chi connectivity index (χ0n) is 12.7. The fourth-order valence-corrected chi connectivity index (χ4v) is 7.72. The first-order valence-corrected chi connectivity index (χ1v) is 10.7. The van der Waals surface area contributed by atoms with Crippen LogP contribution in [-0.2, 0) is 11.8 Å². The Morgan fingerprint density at radius 2 is 1.17 bits per heavy atom. The van der Waals surface area contributed by atoms with Gasteiger partial charge in [-0.3, -0.25) is 0 Å². The molecule has 0 heterocycles. The lowest BCUT2D eigenvalue weighted by atomic mass is 10.1. The van der Waals surface area contributed by atoms with Crippen LogP contribution in [0.4, 0.5) is 0 Å². The second kappa shape index (κ2) is 5.92. The van der Waals surface area contributed by atoms with Gasteiger partial charge < -0.3 is 0 Å². The van der Waals surface area contributed by atoms with Crippen LogP contribution in [-0.4, -0.2) is 0 Å². The normalized spacial score (nSPS) is 16.3. The predicted molar refractivity (Wildman–Crippen MR) is 105 cm³/mol. The summed E-state index contributed by atoms with van der Waals surface area (Å²) in [6.45, 7) is 0. The van der Waals surface area contributed by atoms with Crippen molar-refractivity contribution in [2.75, 3.05) is 0 Å². The van der Waals surface area contributed by atoms with Gasteiger partial charge in [0.15, 0.2) is 0 Å². The molecule has 0 saturated heterocycles. The molecule has 23 heavy (non-hydrogen) atoms. The zero-order chi connectivity index (χ0) is 15.7. The number of benzene rings is 3. The third-order valence-electron chi connectivity index (χ3n) is 4.44. The molecule has 0 aliphatic heterocycles. The first kappa shape index (κ1) is 14.6. The van der Waals surface area contributed by atoms with E-state index in [4.69, 9.17) is 11.8 Å². The number of hydrogen-bond acceptors (Lipinski definition) is 1. The second-order valence-corrected chi connectivity index (χ2v) is 10.4. The predicted octanol–water partition coefficient (Wildman–Crippen LogP) is 4.89. The molecule has 0 fully saturated rings. The van der Waals surface area contributed by atoms with Crippen molar-refractivity contribution in [3.63, 3.8) is 0 Å². The van der Waals surface area contributed by atoms with Crippen molar-refractivity contribution < 1.29 is 0 Å². The molecule has 1 aliphatic carbocycles. The van der Waals surface area contributed by atoms with E-state index in [1.165, 1.54) is 21.7 Å². The van der Waals surface area contributed by atoms with Gasteiger partial charge in [0.05, 0.1) is 0 Å². The summed E-state index contributed by atoms with van der Waals surface area (Å²) in [5.74, 6) is 0. The fourth-order valence-electron chi connectivity index (χ4n) is 3.32. The first-order chi connectivity index (χ1) is 11.3. The van der Waals surface area contributed by atoms with E-state index in [0.717, 1.165) is 0 Å². The Labute approximate surface area is 142 Å². The Morgan fingerprint density at radius 1 is 0.652 bits per heavy atom. The van der Waals surface area contributed by atoms with E-state index in [1.54, 1.807) is 0 Å². The molecule has 0 bridgehead atoms. The average Bonchev–Trinajstić information content (AvgIpc) is 3.07. The minimum atomic E-state index is -1.96. The van der Waals surface area contributed by atoms with Gasteiger partial charge >= 0.3 is 0 Å². The van der Waals surface area contributed by atoms with Crippen molar-refractivity contribution in [3.05, 3.63) is 102 Å². The van der Waals surface area contributed by atoms with Gasteiger partial charge in [0, 0.05) is 11.7 Å². The lowest BCUT2D eigenvalue weighted by molar-refractivity contribution is 1.25. The van der Waals surface area contributed by atoms with Gasteiger partial charge in [0.2, 0.25) is 0 Å². The Bertz CT molecular complexity index is 854. The van der Waals surface area contributed by atoms with Gasteiger partial charge in [-0.05, 0) is 21.7 Å². The lowest BCUT2D eigenvalue weighted by Gasteiger charge is -2.29. The molecule has 0 N–H and O–H groups in total. The van der Waals surface area contributed by atoms with Crippen molar-refractivity contribution in [2.24, 2.45) is 0 Å². The van der Waals surface area contributed by atoms with Crippen LogP contribution in [0.2, 0.25) is 0 Å². The number of fused-ring (bicyclic) bond motifs is 1. The molecule has 4 rings (SSSR count). The van der Waals surface area contributed by atoms with Crippen molar-refractivity contribution in [2.45, 2.75) is 5.66 Å². The first-order valence-electron chi connectivity index (χ1n) is 7.78. The molecule has 0 aromatic heterocycles. The van der Waals surface area contributed by atoms with Gasteiger partial charge in [0.25, 0.3) is 0 Å². The van der Waals surface area contributed by atoms with Crippen LogP contribution in [0.3, 0.4) is 0 Å². The molecule has 2 heteroatoms. The van der Waals surface area contributed by atoms with E-state index in [2.05, 4.69) is 97.1 Å². The molecule has 0 saturated carbocycles. The van der Waals surface area contributed by atoms with Crippen LogP contribution in [0.1, 0.15) is 16.8 Å². The van der Waals surface area contributed by atoms with Crippen LogP contribution in [0.15, 0.2) is 91.0 Å². The summed E-state index contributed by atoms with van der Waals surface area (Å²) in [6, 6.07) is 28.0. The molecular formula is C21H17PS. The number of hydrogen-bond donors (Lipinski definition) is 0. The van der Waals surface area contributed by atoms with E-state index >= 15 is 0 Å². The fraction of sp³-hybridized carbons (Fsp3) is 0.0476. The van der Waals surface area contributed by atoms with Gasteiger partial charge in [-0.1, -0.05) is 109 Å². The number of allylic oxidation sites excluding steroid dienone is 1. The molecule has 1 unspecified atom stereocenters. The summed E-state index contributed by atoms with van der Waals surface area (Å²) in [4.78, 5) is 0. The Balaban J connectivity index is 1.95. The highest BCUT2D eigenvalue weighted by Crippen LogP contribution is 2.60. The van der Waals surface area contributed by atoms with E-state index in [1.807, 2.05) is 0 Å². The van der Waals surface area contributed by atoms with Crippen LogP contribution in [0.25, 0.3) is 6.08 Å². The van der Waals surface area contributed by atoms with E-state index in [9.17, 15) is 0 Å². The number of rotatable bonds is 3. The van der Waals surface area contributed by atoms with Crippen LogP contribution in [0, 0.1) is 0 Å². The maximum Gasteiger partial charge on any atom is 0.0396 e. The second-order valence-electron chi connectivity index (χ2n) is 5.76. The summed E-state index contributed by atoms with van der Waals surface area (Å²) in [6.07, 6.45) is 4.54. The minimum Gasteiger partial charge on any atom is -0.0866 e. The monoisotopic (exact) mass is 332 g/mol. The van der Waals surface area contributed by atoms with Gasteiger partial charge in [-0.2, -0.15) is 0 Å². The van der Waals surface area contributed by atoms with Crippen molar-refractivity contribution in [3.8, 4) is 0 Å². The highest BCUT2D eigenvalue weighted by molar-refractivity contribution is 8.22. The van der Waals surface area contributed by atoms with Crippen LogP contribution in [0.5, 0.6) is 0 Å². The zero-order valence-corrected chi connectivity index (χ0v) is 14.4. The Kier molecular flexibility index (Phi) is 3.77. The highest BCUT2D eigenvalue weighted by Gasteiger charge is 2.34. The molecule has 0 nitrogen and oxygen atoms in total. The third kappa shape index (κ3) is 2.41. The maximum absolute atomic E-state index is 6.43. The molecule has 0 radical (unpaired) electrons. The topological polar surface area (TPSA) is 0 Å². The molecule has 0 spiro atoms. The van der Waals surface area contributed by atoms with Crippen molar-refractivity contribution >= 4 is 34.5 Å². The smallest absolute Gasteiger partial charge is 0.0396 e. The van der Waals surface area contributed by atoms with Gasteiger partial charge in [0.1, 0.15) is 0 Å². The van der Waals surface area contributed by atoms with Crippen molar-refractivity contribution in [1.29, 1.82) is 0 Å². The van der Waals surface area contributed by atoms with Crippen LogP contribution < -0.4 is 10.6 Å². The quantitative estimate of drug-likeness (QED) is 0.616. The lowest BCUT2D eigenvalue weighted by Crippen LogP contribution is -2.19. The molecule has 1 aliphatic rings. The standard InChI is InChI=1S/C21H17PS/c23-22(18-10-3-1-4-11-18,19-12-5-2-6-13-19)21-16-15-17-9-7-8-14-20(17)21/h1-16,21H. The van der Waals surface area contributed by atoms with Gasteiger partial charge in [-0.25, -0.2) is 0 Å². The minimum absolute atomic E-state index is 0.276. The average molecular weight is 332 g/mol. The summed E-state index contributed by atoms with van der Waals surface area (Å²) in [5.41, 5.74) is 2.95. The SMILES string of the molecule is S=P(c1ccccc1)(c1ccccc1)C1C=Cc2ccccc21. The summed E-state index contributed by atoms with van der Waals surface area (Å²) >= 11 is 6.43. The third-order valence-corrected chi connectivity index (χ3v) is 9.75. The molecule has 3 aromatic rings. The maximum atomic E-state index is 6.43. The summed E-state index contributed by atoms with van der Waals surface area (Å²) < 4.78 is 0. The summed E-state index contributed by atoms with van der Waals surface area (Å²) in [5, 5.41) is 2.57. The molecule has 0 amide bonds. The highest BCUT2D eigenvalue weighted by atomic mass is 32.4. The molecular weight excluding hydrogens is 315 g/mol. The molecule has 112 valence electrons. The van der Waals surface area contributed by atoms with E-state index in [0.29, 0.717) is 0 Å². The van der Waals surface area contributed by atoms with E-state index in [-0.39, 0.29) is 5.66 Å². The largest absolute Gasteiger partial charge is 0.0866 e. The van der Waals surface area contributed by atoms with Gasteiger partial charge in [-0.15, -0.1) is 0 Å². The Morgan fingerprint density at radius 3 is 1.78 bits per heavy atom. The van der Waals surface area contributed by atoms with Crippen LogP contribution >= 0.6 is 6.04 Å². The summed E-state index contributed by atoms with van der Waals surface area (Å²) in [7, 11) is 0. The molecule has 1 atom stereocenters.